The summed E-state index contributed by atoms with van der Waals surface area (Å²) in [5.74, 6) is 0. The van der Waals surface area contributed by atoms with Crippen LogP contribution in [0.5, 0.6) is 0 Å². The van der Waals surface area contributed by atoms with Gasteiger partial charge in [-0.3, -0.25) is 0 Å². The van der Waals surface area contributed by atoms with E-state index < -0.39 is 23.0 Å². The number of sulfonamides is 1. The fraction of sp³-hybridized carbons (Fsp3) is 0.538. The van der Waals surface area contributed by atoms with Gasteiger partial charge < -0.3 is 5.32 Å². The van der Waals surface area contributed by atoms with Crippen LogP contribution in [-0.2, 0) is 23.0 Å². The molecule has 0 bridgehead atoms. The molecule has 0 spiro atoms. The molecule has 0 fully saturated rings. The summed E-state index contributed by atoms with van der Waals surface area (Å²) in [6, 6.07) is 4.71. The van der Waals surface area contributed by atoms with E-state index in [2.05, 4.69) is 5.32 Å². The molecule has 0 aliphatic carbocycles. The molecule has 1 aromatic carbocycles. The van der Waals surface area contributed by atoms with E-state index in [0.717, 1.165) is 24.1 Å². The summed E-state index contributed by atoms with van der Waals surface area (Å²) in [4.78, 5) is 0.0169. The van der Waals surface area contributed by atoms with E-state index in [1.165, 1.54) is 12.1 Å². The van der Waals surface area contributed by atoms with Gasteiger partial charge in [0.2, 0.25) is 10.0 Å². The number of hydrogen-bond donors (Lipinski definition) is 2. The summed E-state index contributed by atoms with van der Waals surface area (Å²) >= 11 is 0. The number of rotatable bonds is 8. The van der Waals surface area contributed by atoms with Crippen LogP contribution < -0.4 is 10.0 Å². The topological polar surface area (TPSA) is 58.2 Å². The maximum atomic E-state index is 12.1. The minimum Gasteiger partial charge on any atom is -0.313 e. The molecular weight excluding hydrogens is 286 g/mol. The first kappa shape index (κ1) is 17.0. The summed E-state index contributed by atoms with van der Waals surface area (Å²) in [7, 11) is -3.89. The van der Waals surface area contributed by atoms with Gasteiger partial charge in [-0.05, 0) is 36.2 Å². The van der Waals surface area contributed by atoms with Gasteiger partial charge in [-0.2, -0.15) is 0 Å². The van der Waals surface area contributed by atoms with E-state index in [4.69, 9.17) is 0 Å². The van der Waals surface area contributed by atoms with Gasteiger partial charge in [0.15, 0.2) is 0 Å². The van der Waals surface area contributed by atoms with Crippen molar-refractivity contribution in [3.8, 4) is 0 Å². The number of alkyl halides is 2. The Hall–Kier alpha value is -1.05. The van der Waals surface area contributed by atoms with Crippen LogP contribution in [0.25, 0.3) is 0 Å². The molecule has 0 unspecified atom stereocenters. The zero-order valence-electron chi connectivity index (χ0n) is 11.6. The first-order valence-corrected chi connectivity index (χ1v) is 7.99. The second-order valence-electron chi connectivity index (χ2n) is 4.31. The van der Waals surface area contributed by atoms with Crippen LogP contribution in [0.15, 0.2) is 23.1 Å². The Morgan fingerprint density at radius 2 is 1.90 bits per heavy atom. The Labute approximate surface area is 118 Å². The Balaban J connectivity index is 3.00. The van der Waals surface area contributed by atoms with Crippen LogP contribution in [-0.4, -0.2) is 27.9 Å². The molecule has 0 atom stereocenters. The third-order valence-corrected chi connectivity index (χ3v) is 4.28. The lowest BCUT2D eigenvalue weighted by molar-refractivity contribution is 0.153. The van der Waals surface area contributed by atoms with Crippen molar-refractivity contribution in [2.75, 3.05) is 13.1 Å². The fourth-order valence-electron chi connectivity index (χ4n) is 1.79. The predicted molar refractivity (Wildman–Crippen MR) is 74.4 cm³/mol. The minimum absolute atomic E-state index is 0.0169. The zero-order valence-corrected chi connectivity index (χ0v) is 12.4. The largest absolute Gasteiger partial charge is 0.313 e. The first-order chi connectivity index (χ1) is 9.40. The van der Waals surface area contributed by atoms with Gasteiger partial charge >= 0.3 is 0 Å². The average Bonchev–Trinajstić information content (AvgIpc) is 2.42. The third kappa shape index (κ3) is 4.81. The molecule has 0 heterocycles. The lowest BCUT2D eigenvalue weighted by Crippen LogP contribution is -2.28. The monoisotopic (exact) mass is 306 g/mol. The maximum absolute atomic E-state index is 12.1. The van der Waals surface area contributed by atoms with Crippen molar-refractivity contribution in [2.45, 2.75) is 38.1 Å². The molecule has 0 radical (unpaired) electrons. The van der Waals surface area contributed by atoms with Crippen molar-refractivity contribution >= 4 is 10.0 Å². The Kier molecular flexibility index (Phi) is 6.51. The molecule has 2 N–H and O–H groups in total. The number of aryl methyl sites for hydroxylation is 1. The molecule has 0 saturated carbocycles. The lowest BCUT2D eigenvalue weighted by Gasteiger charge is -2.12. The van der Waals surface area contributed by atoms with Crippen molar-refractivity contribution in [1.29, 1.82) is 0 Å². The van der Waals surface area contributed by atoms with Gasteiger partial charge in [0.05, 0.1) is 11.4 Å². The molecule has 0 aromatic heterocycles. The molecule has 114 valence electrons. The molecule has 0 saturated heterocycles. The van der Waals surface area contributed by atoms with Crippen LogP contribution in [0, 0.1) is 0 Å². The standard InChI is InChI=1S/C13H20F2N2O2S/c1-3-10-5-6-12(7-11(10)8-16-4-2)20(18,19)17-9-13(14)15/h5-7,13,16-17H,3-4,8-9H2,1-2H3. The van der Waals surface area contributed by atoms with E-state index in [0.29, 0.717) is 6.54 Å². The summed E-state index contributed by atoms with van der Waals surface area (Å²) in [6.45, 7) is 4.38. The highest BCUT2D eigenvalue weighted by atomic mass is 32.2. The van der Waals surface area contributed by atoms with E-state index >= 15 is 0 Å². The van der Waals surface area contributed by atoms with E-state index in [1.54, 1.807) is 6.07 Å². The van der Waals surface area contributed by atoms with E-state index in [-0.39, 0.29) is 4.90 Å². The minimum atomic E-state index is -3.89. The Morgan fingerprint density at radius 1 is 1.20 bits per heavy atom. The highest BCUT2D eigenvalue weighted by Crippen LogP contribution is 2.17. The lowest BCUT2D eigenvalue weighted by atomic mass is 10.1. The highest BCUT2D eigenvalue weighted by Gasteiger charge is 2.17. The van der Waals surface area contributed by atoms with Gasteiger partial charge in [0, 0.05) is 6.54 Å². The number of halogens is 2. The molecule has 7 heteroatoms. The van der Waals surface area contributed by atoms with Crippen molar-refractivity contribution in [3.63, 3.8) is 0 Å². The summed E-state index contributed by atoms with van der Waals surface area (Å²) in [5, 5.41) is 3.13. The van der Waals surface area contributed by atoms with Gasteiger partial charge in [0.25, 0.3) is 6.43 Å². The molecule has 0 aliphatic heterocycles. The fourth-order valence-corrected chi connectivity index (χ4v) is 2.85. The van der Waals surface area contributed by atoms with Crippen LogP contribution in [0.4, 0.5) is 8.78 Å². The summed E-state index contributed by atoms with van der Waals surface area (Å²) in [5.41, 5.74) is 1.91. The Morgan fingerprint density at radius 3 is 2.45 bits per heavy atom. The summed E-state index contributed by atoms with van der Waals surface area (Å²) < 4.78 is 49.9. The molecule has 1 rings (SSSR count). The van der Waals surface area contributed by atoms with Crippen molar-refractivity contribution in [2.24, 2.45) is 0 Å². The second kappa shape index (κ2) is 7.66. The van der Waals surface area contributed by atoms with Crippen molar-refractivity contribution in [1.82, 2.24) is 10.0 Å². The SMILES string of the molecule is CCNCc1cc(S(=O)(=O)NCC(F)F)ccc1CC. The molecule has 1 aromatic rings. The zero-order chi connectivity index (χ0) is 15.2. The number of nitrogens with one attached hydrogen (secondary N) is 2. The van der Waals surface area contributed by atoms with Crippen molar-refractivity contribution < 1.29 is 17.2 Å². The predicted octanol–water partition coefficient (Wildman–Crippen LogP) is 1.90. The quantitative estimate of drug-likeness (QED) is 0.771. The van der Waals surface area contributed by atoms with Gasteiger partial charge in [-0.15, -0.1) is 0 Å². The summed E-state index contributed by atoms with van der Waals surface area (Å²) in [6.07, 6.45) is -1.92. The van der Waals surface area contributed by atoms with Crippen molar-refractivity contribution in [3.05, 3.63) is 29.3 Å². The number of hydrogen-bond acceptors (Lipinski definition) is 3. The molecule has 20 heavy (non-hydrogen) atoms. The third-order valence-electron chi connectivity index (χ3n) is 2.86. The normalized spacial score (nSPS) is 12.1. The van der Waals surface area contributed by atoms with Gasteiger partial charge in [0.1, 0.15) is 0 Å². The van der Waals surface area contributed by atoms with Crippen LogP contribution in [0.2, 0.25) is 0 Å². The molecule has 4 nitrogen and oxygen atoms in total. The molecule has 0 aliphatic rings. The van der Waals surface area contributed by atoms with E-state index in [9.17, 15) is 17.2 Å². The first-order valence-electron chi connectivity index (χ1n) is 6.51. The van der Waals surface area contributed by atoms with Gasteiger partial charge in [-0.25, -0.2) is 21.9 Å². The maximum Gasteiger partial charge on any atom is 0.251 e. The molecule has 0 amide bonds. The second-order valence-corrected chi connectivity index (χ2v) is 6.07. The van der Waals surface area contributed by atoms with E-state index in [1.807, 2.05) is 18.6 Å². The van der Waals surface area contributed by atoms with Crippen LogP contribution in [0.3, 0.4) is 0 Å². The smallest absolute Gasteiger partial charge is 0.251 e. The van der Waals surface area contributed by atoms with Crippen LogP contribution >= 0.6 is 0 Å². The van der Waals surface area contributed by atoms with Gasteiger partial charge in [-0.1, -0.05) is 19.9 Å². The number of benzene rings is 1. The highest BCUT2D eigenvalue weighted by molar-refractivity contribution is 7.89. The Bertz CT molecular complexity index is 533. The molecular formula is C13H20F2N2O2S. The average molecular weight is 306 g/mol. The van der Waals surface area contributed by atoms with Crippen LogP contribution in [0.1, 0.15) is 25.0 Å².